The highest BCUT2D eigenvalue weighted by Gasteiger charge is 2.19. The standard InChI is InChI=1S/C13H20N4O2/c1-14-12-3-4-15-8-11(12)13(18)16-7-10-9-17(2)5-6-19-10/h3-4,8,10H,5-7,9H2,1-2H3,(H,14,15)(H,16,18). The van der Waals surface area contributed by atoms with E-state index in [2.05, 4.69) is 27.6 Å². The van der Waals surface area contributed by atoms with Gasteiger partial charge in [-0.2, -0.15) is 0 Å². The number of anilines is 1. The van der Waals surface area contributed by atoms with Gasteiger partial charge in [0.1, 0.15) is 0 Å². The van der Waals surface area contributed by atoms with Crippen LogP contribution in [0.1, 0.15) is 10.4 Å². The van der Waals surface area contributed by atoms with E-state index in [4.69, 9.17) is 4.74 Å². The molecule has 1 atom stereocenters. The minimum Gasteiger partial charge on any atom is -0.387 e. The maximum atomic E-state index is 12.1. The van der Waals surface area contributed by atoms with E-state index in [-0.39, 0.29) is 12.0 Å². The zero-order valence-electron chi connectivity index (χ0n) is 11.3. The maximum absolute atomic E-state index is 12.1. The number of nitrogens with one attached hydrogen (secondary N) is 2. The molecule has 2 rings (SSSR count). The van der Waals surface area contributed by atoms with Gasteiger partial charge in [0.2, 0.25) is 0 Å². The van der Waals surface area contributed by atoms with Gasteiger partial charge in [0.05, 0.1) is 18.3 Å². The van der Waals surface area contributed by atoms with Gasteiger partial charge in [-0.25, -0.2) is 0 Å². The first-order valence-electron chi connectivity index (χ1n) is 6.41. The van der Waals surface area contributed by atoms with Crippen LogP contribution in [0.15, 0.2) is 18.5 Å². The average Bonchev–Trinajstić information content (AvgIpc) is 2.45. The molecule has 6 heteroatoms. The van der Waals surface area contributed by atoms with Crippen LogP contribution in [0.4, 0.5) is 5.69 Å². The summed E-state index contributed by atoms with van der Waals surface area (Å²) in [5.74, 6) is -0.130. The lowest BCUT2D eigenvalue weighted by molar-refractivity contribution is -0.0175. The number of hydrogen-bond donors (Lipinski definition) is 2. The zero-order valence-corrected chi connectivity index (χ0v) is 11.3. The highest BCUT2D eigenvalue weighted by atomic mass is 16.5. The van der Waals surface area contributed by atoms with Crippen molar-refractivity contribution in [3.63, 3.8) is 0 Å². The first kappa shape index (κ1) is 13.8. The number of hydrogen-bond acceptors (Lipinski definition) is 5. The van der Waals surface area contributed by atoms with Gasteiger partial charge < -0.3 is 20.3 Å². The van der Waals surface area contributed by atoms with E-state index < -0.39 is 0 Å². The highest BCUT2D eigenvalue weighted by Crippen LogP contribution is 2.12. The van der Waals surface area contributed by atoms with E-state index in [1.165, 1.54) is 0 Å². The number of ether oxygens (including phenoxy) is 1. The minimum absolute atomic E-state index is 0.0532. The van der Waals surface area contributed by atoms with Crippen molar-refractivity contribution in [2.45, 2.75) is 6.10 Å². The predicted molar refractivity (Wildman–Crippen MR) is 73.4 cm³/mol. The maximum Gasteiger partial charge on any atom is 0.255 e. The number of amides is 1. The van der Waals surface area contributed by atoms with Crippen molar-refractivity contribution in [1.82, 2.24) is 15.2 Å². The first-order chi connectivity index (χ1) is 9.20. The number of carbonyl (C=O) groups is 1. The van der Waals surface area contributed by atoms with E-state index in [1.807, 2.05) is 0 Å². The molecule has 2 N–H and O–H groups in total. The van der Waals surface area contributed by atoms with Crippen LogP contribution >= 0.6 is 0 Å². The van der Waals surface area contributed by atoms with Crippen LogP contribution in [0, 0.1) is 0 Å². The summed E-state index contributed by atoms with van der Waals surface area (Å²) in [6, 6.07) is 1.78. The molecule has 104 valence electrons. The normalized spacial score (nSPS) is 20.0. The molecule has 1 fully saturated rings. The molecule has 0 aromatic carbocycles. The number of aromatic nitrogens is 1. The summed E-state index contributed by atoms with van der Waals surface area (Å²) in [5.41, 5.74) is 1.32. The second-order valence-corrected chi connectivity index (χ2v) is 4.64. The molecule has 19 heavy (non-hydrogen) atoms. The van der Waals surface area contributed by atoms with Gasteiger partial charge >= 0.3 is 0 Å². The van der Waals surface area contributed by atoms with Crippen molar-refractivity contribution in [3.05, 3.63) is 24.0 Å². The summed E-state index contributed by atoms with van der Waals surface area (Å²) in [5, 5.41) is 5.87. The molecular weight excluding hydrogens is 244 g/mol. The van der Waals surface area contributed by atoms with Gasteiger partial charge in [-0.1, -0.05) is 0 Å². The molecule has 1 aromatic heterocycles. The fourth-order valence-corrected chi connectivity index (χ4v) is 2.09. The number of nitrogens with zero attached hydrogens (tertiary/aromatic N) is 2. The summed E-state index contributed by atoms with van der Waals surface area (Å²) in [6.07, 6.45) is 3.27. The van der Waals surface area contributed by atoms with E-state index in [1.54, 1.807) is 25.5 Å². The quantitative estimate of drug-likeness (QED) is 0.812. The Kier molecular flexibility index (Phi) is 4.70. The van der Waals surface area contributed by atoms with Crippen LogP contribution < -0.4 is 10.6 Å². The van der Waals surface area contributed by atoms with E-state index in [0.29, 0.717) is 18.7 Å². The lowest BCUT2D eigenvalue weighted by Crippen LogP contribution is -2.46. The molecular formula is C13H20N4O2. The van der Waals surface area contributed by atoms with Crippen LogP contribution in [0.25, 0.3) is 0 Å². The Morgan fingerprint density at radius 1 is 1.63 bits per heavy atom. The second kappa shape index (κ2) is 6.49. The van der Waals surface area contributed by atoms with E-state index in [0.717, 1.165) is 18.8 Å². The number of morpholine rings is 1. The summed E-state index contributed by atoms with van der Waals surface area (Å²) in [6.45, 7) is 3.01. The third-order valence-corrected chi connectivity index (χ3v) is 3.17. The Morgan fingerprint density at radius 2 is 2.47 bits per heavy atom. The molecule has 1 aliphatic rings. The average molecular weight is 264 g/mol. The van der Waals surface area contributed by atoms with Crippen molar-refractivity contribution in [3.8, 4) is 0 Å². The molecule has 0 spiro atoms. The molecule has 1 unspecified atom stereocenters. The van der Waals surface area contributed by atoms with Gasteiger partial charge in [0, 0.05) is 44.8 Å². The lowest BCUT2D eigenvalue weighted by atomic mass is 10.2. The van der Waals surface area contributed by atoms with E-state index >= 15 is 0 Å². The largest absolute Gasteiger partial charge is 0.387 e. The third kappa shape index (κ3) is 3.65. The molecule has 1 amide bonds. The van der Waals surface area contributed by atoms with Crippen LogP contribution in [0.5, 0.6) is 0 Å². The zero-order chi connectivity index (χ0) is 13.7. The molecule has 0 bridgehead atoms. The van der Waals surface area contributed by atoms with Gasteiger partial charge in [0.15, 0.2) is 0 Å². The van der Waals surface area contributed by atoms with Crippen LogP contribution in [0.2, 0.25) is 0 Å². The number of pyridine rings is 1. The minimum atomic E-state index is -0.130. The number of likely N-dealkylation sites (N-methyl/N-ethyl adjacent to an activating group) is 1. The summed E-state index contributed by atoms with van der Waals surface area (Å²) >= 11 is 0. The summed E-state index contributed by atoms with van der Waals surface area (Å²) in [4.78, 5) is 18.3. The molecule has 1 saturated heterocycles. The molecule has 0 saturated carbocycles. The first-order valence-corrected chi connectivity index (χ1v) is 6.41. The number of rotatable bonds is 4. The Morgan fingerprint density at radius 3 is 3.21 bits per heavy atom. The van der Waals surface area contributed by atoms with Gasteiger partial charge in [-0.3, -0.25) is 9.78 Å². The molecule has 6 nitrogen and oxygen atoms in total. The fourth-order valence-electron chi connectivity index (χ4n) is 2.09. The Labute approximate surface area is 113 Å². The molecule has 0 radical (unpaired) electrons. The van der Waals surface area contributed by atoms with Gasteiger partial charge in [-0.05, 0) is 13.1 Å². The Bertz CT molecular complexity index is 438. The lowest BCUT2D eigenvalue weighted by Gasteiger charge is -2.30. The summed E-state index contributed by atoms with van der Waals surface area (Å²) in [7, 11) is 3.84. The van der Waals surface area contributed by atoms with E-state index in [9.17, 15) is 4.79 Å². The summed E-state index contributed by atoms with van der Waals surface area (Å²) < 4.78 is 5.60. The molecule has 1 aromatic rings. The highest BCUT2D eigenvalue weighted by molar-refractivity contribution is 5.99. The SMILES string of the molecule is CNc1ccncc1C(=O)NCC1CN(C)CCO1. The monoisotopic (exact) mass is 264 g/mol. The Hall–Kier alpha value is -1.66. The van der Waals surface area contributed by atoms with Crippen molar-refractivity contribution < 1.29 is 9.53 Å². The molecule has 2 heterocycles. The second-order valence-electron chi connectivity index (χ2n) is 4.64. The van der Waals surface area contributed by atoms with Crippen molar-refractivity contribution in [2.75, 3.05) is 45.7 Å². The van der Waals surface area contributed by atoms with Crippen molar-refractivity contribution in [1.29, 1.82) is 0 Å². The van der Waals surface area contributed by atoms with Crippen LogP contribution in [-0.2, 0) is 4.74 Å². The predicted octanol–water partition coefficient (Wildman–Crippen LogP) is 0.184. The van der Waals surface area contributed by atoms with Crippen LogP contribution in [0.3, 0.4) is 0 Å². The third-order valence-electron chi connectivity index (χ3n) is 3.17. The number of carbonyl (C=O) groups excluding carboxylic acids is 1. The van der Waals surface area contributed by atoms with Crippen molar-refractivity contribution in [2.24, 2.45) is 0 Å². The van der Waals surface area contributed by atoms with Crippen molar-refractivity contribution >= 4 is 11.6 Å². The van der Waals surface area contributed by atoms with Crippen LogP contribution in [-0.4, -0.2) is 62.2 Å². The van der Waals surface area contributed by atoms with Gasteiger partial charge in [-0.15, -0.1) is 0 Å². The topological polar surface area (TPSA) is 66.5 Å². The molecule has 1 aliphatic heterocycles. The van der Waals surface area contributed by atoms with Gasteiger partial charge in [0.25, 0.3) is 5.91 Å². The Balaban J connectivity index is 1.90. The molecule has 0 aliphatic carbocycles. The fraction of sp³-hybridized carbons (Fsp3) is 0.538. The smallest absolute Gasteiger partial charge is 0.255 e.